The molecule has 106 valence electrons. The molecule has 0 aliphatic rings. The van der Waals surface area contributed by atoms with Gasteiger partial charge in [0.15, 0.2) is 0 Å². The highest BCUT2D eigenvalue weighted by Crippen LogP contribution is 2.14. The summed E-state index contributed by atoms with van der Waals surface area (Å²) < 4.78 is 24.9. The summed E-state index contributed by atoms with van der Waals surface area (Å²) in [5.74, 6) is 0.0202. The van der Waals surface area contributed by atoms with Crippen LogP contribution >= 0.6 is 0 Å². The van der Waals surface area contributed by atoms with E-state index in [2.05, 4.69) is 0 Å². The summed E-state index contributed by atoms with van der Waals surface area (Å²) >= 11 is 0. The van der Waals surface area contributed by atoms with Gasteiger partial charge in [0.25, 0.3) is 0 Å². The van der Waals surface area contributed by atoms with E-state index in [1.54, 1.807) is 36.2 Å². The third-order valence-corrected chi connectivity index (χ3v) is 4.80. The van der Waals surface area contributed by atoms with Crippen molar-refractivity contribution in [2.75, 3.05) is 27.7 Å². The van der Waals surface area contributed by atoms with Crippen LogP contribution in [0.5, 0.6) is 0 Å². The molecule has 0 bridgehead atoms. The zero-order valence-electron chi connectivity index (χ0n) is 11.8. The van der Waals surface area contributed by atoms with E-state index in [1.165, 1.54) is 25.3 Å². The molecule has 0 unspecified atom stereocenters. The van der Waals surface area contributed by atoms with Gasteiger partial charge in [-0.05, 0) is 24.1 Å². The van der Waals surface area contributed by atoms with Crippen LogP contribution in [0.25, 0.3) is 0 Å². The van der Waals surface area contributed by atoms with E-state index >= 15 is 0 Å². The molecule has 1 aromatic carbocycles. The van der Waals surface area contributed by atoms with E-state index in [1.807, 2.05) is 0 Å². The molecular weight excluding hydrogens is 264 g/mol. The number of benzene rings is 1. The van der Waals surface area contributed by atoms with Crippen molar-refractivity contribution in [1.82, 2.24) is 9.21 Å². The van der Waals surface area contributed by atoms with Gasteiger partial charge >= 0.3 is 0 Å². The first kappa shape index (κ1) is 15.7. The third-order valence-electron chi connectivity index (χ3n) is 2.98. The summed E-state index contributed by atoms with van der Waals surface area (Å²) in [6, 6.07) is 6.76. The Balaban J connectivity index is 2.75. The minimum Gasteiger partial charge on any atom is -0.346 e. The van der Waals surface area contributed by atoms with Gasteiger partial charge in [-0.3, -0.25) is 4.79 Å². The monoisotopic (exact) mass is 284 g/mol. The van der Waals surface area contributed by atoms with E-state index in [0.29, 0.717) is 13.0 Å². The topological polar surface area (TPSA) is 57.7 Å². The third kappa shape index (κ3) is 4.04. The minimum atomic E-state index is -3.37. The van der Waals surface area contributed by atoms with Crippen molar-refractivity contribution >= 4 is 15.9 Å². The molecule has 1 aromatic rings. The van der Waals surface area contributed by atoms with E-state index in [0.717, 1.165) is 5.56 Å². The van der Waals surface area contributed by atoms with Crippen molar-refractivity contribution in [3.05, 3.63) is 29.8 Å². The molecule has 0 radical (unpaired) electrons. The highest BCUT2D eigenvalue weighted by Gasteiger charge is 2.16. The normalized spacial score (nSPS) is 11.6. The first-order chi connectivity index (χ1) is 8.75. The van der Waals surface area contributed by atoms with Crippen molar-refractivity contribution in [1.29, 1.82) is 0 Å². The van der Waals surface area contributed by atoms with Crippen molar-refractivity contribution in [2.24, 2.45) is 0 Å². The average Bonchev–Trinajstić information content (AvgIpc) is 2.36. The van der Waals surface area contributed by atoms with Gasteiger partial charge in [0.1, 0.15) is 0 Å². The zero-order valence-corrected chi connectivity index (χ0v) is 12.6. The second-order valence-electron chi connectivity index (χ2n) is 4.62. The van der Waals surface area contributed by atoms with Crippen molar-refractivity contribution in [3.8, 4) is 0 Å². The minimum absolute atomic E-state index is 0.0202. The van der Waals surface area contributed by atoms with Crippen LogP contribution in [0.15, 0.2) is 29.2 Å². The van der Waals surface area contributed by atoms with E-state index in [4.69, 9.17) is 0 Å². The summed E-state index contributed by atoms with van der Waals surface area (Å²) in [6.07, 6.45) is 0.707. The largest absolute Gasteiger partial charge is 0.346 e. The first-order valence-corrected chi connectivity index (χ1v) is 7.42. The molecule has 0 saturated carbocycles. The molecule has 19 heavy (non-hydrogen) atoms. The molecule has 6 heteroatoms. The lowest BCUT2D eigenvalue weighted by Crippen LogP contribution is -2.26. The number of hydrogen-bond donors (Lipinski definition) is 0. The first-order valence-electron chi connectivity index (χ1n) is 5.98. The summed E-state index contributed by atoms with van der Waals surface area (Å²) in [5.41, 5.74) is 1.01. The summed E-state index contributed by atoms with van der Waals surface area (Å²) in [4.78, 5) is 13.0. The summed E-state index contributed by atoms with van der Waals surface area (Å²) in [7, 11) is 1.38. The Kier molecular flexibility index (Phi) is 5.08. The van der Waals surface area contributed by atoms with Crippen LogP contribution in [0, 0.1) is 0 Å². The maximum Gasteiger partial charge on any atom is 0.242 e. The van der Waals surface area contributed by atoms with Gasteiger partial charge in [0, 0.05) is 34.6 Å². The molecule has 0 saturated heterocycles. The molecule has 0 heterocycles. The smallest absolute Gasteiger partial charge is 0.242 e. The number of nitrogens with zero attached hydrogens (tertiary/aromatic N) is 2. The summed E-state index contributed by atoms with van der Waals surface area (Å²) in [5, 5.41) is 0. The van der Waals surface area contributed by atoms with Gasteiger partial charge in [-0.15, -0.1) is 0 Å². The fourth-order valence-electron chi connectivity index (χ4n) is 1.49. The van der Waals surface area contributed by atoms with Crippen LogP contribution in [0.1, 0.15) is 12.5 Å². The van der Waals surface area contributed by atoms with E-state index in [9.17, 15) is 13.2 Å². The SMILES string of the molecule is CC(=O)N(C)CCc1ccc(S(=O)(=O)N(C)C)cc1. The lowest BCUT2D eigenvalue weighted by atomic mass is 10.1. The van der Waals surface area contributed by atoms with E-state index in [-0.39, 0.29) is 10.8 Å². The number of carbonyl (C=O) groups is 1. The maximum atomic E-state index is 11.9. The molecule has 0 aliphatic heterocycles. The molecule has 0 aliphatic carbocycles. The number of carbonyl (C=O) groups excluding carboxylic acids is 1. The van der Waals surface area contributed by atoms with Crippen molar-refractivity contribution in [3.63, 3.8) is 0 Å². The Bertz CT molecular complexity index is 536. The molecule has 1 rings (SSSR count). The van der Waals surface area contributed by atoms with Crippen molar-refractivity contribution in [2.45, 2.75) is 18.2 Å². The van der Waals surface area contributed by atoms with Gasteiger partial charge in [-0.2, -0.15) is 0 Å². The molecule has 0 fully saturated rings. The van der Waals surface area contributed by atoms with Gasteiger partial charge in [0.05, 0.1) is 4.90 Å². The predicted molar refractivity (Wildman–Crippen MR) is 74.3 cm³/mol. The Morgan fingerprint density at radius 2 is 1.63 bits per heavy atom. The maximum absolute atomic E-state index is 11.9. The lowest BCUT2D eigenvalue weighted by Gasteiger charge is -2.15. The Morgan fingerprint density at radius 1 is 1.11 bits per heavy atom. The fraction of sp³-hybridized carbons (Fsp3) is 0.462. The number of likely N-dealkylation sites (N-methyl/N-ethyl adjacent to an activating group) is 1. The summed E-state index contributed by atoms with van der Waals surface area (Å²) in [6.45, 7) is 2.14. The van der Waals surface area contributed by atoms with E-state index < -0.39 is 10.0 Å². The van der Waals surface area contributed by atoms with Gasteiger partial charge < -0.3 is 4.90 Å². The lowest BCUT2D eigenvalue weighted by molar-refractivity contribution is -0.127. The average molecular weight is 284 g/mol. The quantitative estimate of drug-likeness (QED) is 0.809. The highest BCUT2D eigenvalue weighted by molar-refractivity contribution is 7.89. The molecule has 0 N–H and O–H groups in total. The molecular formula is C13H20N2O3S. The standard InChI is InChI=1S/C13H20N2O3S/c1-11(16)15(4)10-9-12-5-7-13(8-6-12)19(17,18)14(2)3/h5-8H,9-10H2,1-4H3. The second-order valence-corrected chi connectivity index (χ2v) is 6.77. The van der Waals surface area contributed by atoms with Crippen LogP contribution in [0.4, 0.5) is 0 Å². The van der Waals surface area contributed by atoms with Crippen LogP contribution < -0.4 is 0 Å². The number of rotatable bonds is 5. The number of hydrogen-bond acceptors (Lipinski definition) is 3. The Morgan fingerprint density at radius 3 is 2.05 bits per heavy atom. The molecule has 0 spiro atoms. The van der Waals surface area contributed by atoms with Gasteiger partial charge in [-0.1, -0.05) is 12.1 Å². The van der Waals surface area contributed by atoms with Crippen LogP contribution in [-0.4, -0.2) is 51.2 Å². The Labute approximate surface area is 114 Å². The van der Waals surface area contributed by atoms with Crippen LogP contribution in [0.3, 0.4) is 0 Å². The highest BCUT2D eigenvalue weighted by atomic mass is 32.2. The fourth-order valence-corrected chi connectivity index (χ4v) is 2.39. The van der Waals surface area contributed by atoms with Crippen LogP contribution in [-0.2, 0) is 21.2 Å². The predicted octanol–water partition coefficient (Wildman–Crippen LogP) is 0.958. The zero-order chi connectivity index (χ0) is 14.6. The second kappa shape index (κ2) is 6.16. The Hall–Kier alpha value is -1.40. The molecule has 0 atom stereocenters. The van der Waals surface area contributed by atoms with Crippen LogP contribution in [0.2, 0.25) is 0 Å². The molecule has 5 nitrogen and oxygen atoms in total. The molecule has 1 amide bonds. The van der Waals surface area contributed by atoms with Crippen molar-refractivity contribution < 1.29 is 13.2 Å². The van der Waals surface area contributed by atoms with Gasteiger partial charge in [0.2, 0.25) is 15.9 Å². The molecule has 0 aromatic heterocycles. The number of amides is 1. The van der Waals surface area contributed by atoms with Gasteiger partial charge in [-0.25, -0.2) is 12.7 Å². The number of sulfonamides is 1.